The molecule has 1 unspecified atom stereocenters. The molecule has 1 aliphatic carbocycles. The van der Waals surface area contributed by atoms with Gasteiger partial charge in [-0.1, -0.05) is 0 Å². The summed E-state index contributed by atoms with van der Waals surface area (Å²) >= 11 is 0. The Balaban J connectivity index is 1.20. The SMILES string of the molecule is COC(=O)c1cn(C2CC2)c2nc(N3CCN(c4ccc(N5CC([C@H](N)C(C)=O)OC5=O)cc4F)CC3)c(F)cc2c1=O. The van der Waals surface area contributed by atoms with Crippen molar-refractivity contribution in [2.75, 3.05) is 54.5 Å². The largest absolute Gasteiger partial charge is 0.465 e. The Kier molecular flexibility index (Phi) is 7.24. The number of carbonyl (C=O) groups is 3. The van der Waals surface area contributed by atoms with Gasteiger partial charge in [0.2, 0.25) is 5.43 Å². The highest BCUT2D eigenvalue weighted by atomic mass is 19.1. The number of piperazine rings is 1. The number of nitrogens with two attached hydrogens (primary N) is 1. The normalized spacial score (nSPS) is 19.5. The number of methoxy groups -OCH3 is 1. The van der Waals surface area contributed by atoms with Crippen LogP contribution in [0.2, 0.25) is 0 Å². The number of pyridine rings is 2. The third-order valence-electron chi connectivity index (χ3n) is 8.15. The van der Waals surface area contributed by atoms with E-state index in [4.69, 9.17) is 15.2 Å². The van der Waals surface area contributed by atoms with E-state index >= 15 is 8.78 Å². The number of benzene rings is 1. The van der Waals surface area contributed by atoms with Crippen LogP contribution in [0.4, 0.5) is 30.8 Å². The molecule has 12 nitrogen and oxygen atoms in total. The molecule has 1 amide bonds. The molecular weight excluding hydrogens is 566 g/mol. The zero-order chi connectivity index (χ0) is 30.6. The Bertz CT molecular complexity index is 1700. The molecule has 2 N–H and O–H groups in total. The van der Waals surface area contributed by atoms with Crippen molar-refractivity contribution in [1.29, 1.82) is 0 Å². The van der Waals surface area contributed by atoms with Gasteiger partial charge in [-0.25, -0.2) is 23.4 Å². The summed E-state index contributed by atoms with van der Waals surface area (Å²) in [6.07, 6.45) is 1.61. The number of esters is 1. The van der Waals surface area contributed by atoms with Crippen LogP contribution in [-0.2, 0) is 14.3 Å². The maximum absolute atomic E-state index is 15.4. The predicted octanol–water partition coefficient (Wildman–Crippen LogP) is 2.36. The van der Waals surface area contributed by atoms with E-state index in [0.717, 1.165) is 18.9 Å². The van der Waals surface area contributed by atoms with Crippen LogP contribution in [0.3, 0.4) is 0 Å². The lowest BCUT2D eigenvalue weighted by molar-refractivity contribution is -0.120. The van der Waals surface area contributed by atoms with Crippen LogP contribution in [0.5, 0.6) is 0 Å². The summed E-state index contributed by atoms with van der Waals surface area (Å²) in [6.45, 7) is 2.70. The zero-order valence-electron chi connectivity index (χ0n) is 23.6. The second kappa shape index (κ2) is 10.9. The first-order valence-corrected chi connectivity index (χ1v) is 13.9. The van der Waals surface area contributed by atoms with Crippen molar-refractivity contribution in [1.82, 2.24) is 9.55 Å². The highest BCUT2D eigenvalue weighted by Crippen LogP contribution is 2.37. The minimum Gasteiger partial charge on any atom is -0.465 e. The molecule has 3 aliphatic rings. The summed E-state index contributed by atoms with van der Waals surface area (Å²) < 4.78 is 42.3. The van der Waals surface area contributed by atoms with E-state index < -0.39 is 41.3 Å². The number of hydrogen-bond donors (Lipinski definition) is 1. The zero-order valence-corrected chi connectivity index (χ0v) is 23.6. The van der Waals surface area contributed by atoms with Crippen LogP contribution in [0.25, 0.3) is 11.0 Å². The fourth-order valence-corrected chi connectivity index (χ4v) is 5.57. The number of fused-ring (bicyclic) bond motifs is 1. The van der Waals surface area contributed by atoms with E-state index in [-0.39, 0.29) is 40.8 Å². The van der Waals surface area contributed by atoms with Gasteiger partial charge in [-0.15, -0.1) is 0 Å². The number of anilines is 3. The standard InChI is InChI=1S/C29H30F2N6O6/c1-15(38)24(32)23-14-37(29(41)43-23)17-5-6-22(20(30)11-17)34-7-9-35(10-8-34)27-21(31)12-18-25(39)19(28(40)42-2)13-36(16-3-4-16)26(18)33-27/h5-6,11-13,16,23-24H,3-4,7-10,14,32H2,1-2H3/t23?,24-/m1/s1. The number of cyclic esters (lactones) is 1. The maximum atomic E-state index is 15.4. The van der Waals surface area contributed by atoms with Crippen molar-refractivity contribution in [2.24, 2.45) is 5.73 Å². The van der Waals surface area contributed by atoms with E-state index in [9.17, 15) is 19.2 Å². The molecule has 0 spiro atoms. The van der Waals surface area contributed by atoms with Crippen LogP contribution in [0.15, 0.2) is 35.3 Å². The molecule has 2 atom stereocenters. The summed E-state index contributed by atoms with van der Waals surface area (Å²) in [4.78, 5) is 58.4. The van der Waals surface area contributed by atoms with Crippen LogP contribution >= 0.6 is 0 Å². The highest BCUT2D eigenvalue weighted by molar-refractivity contribution is 5.93. The summed E-state index contributed by atoms with van der Waals surface area (Å²) in [5, 5.41) is 0.00771. The number of ketones is 1. The first kappa shape index (κ1) is 28.5. The average Bonchev–Trinajstić information content (AvgIpc) is 3.77. The van der Waals surface area contributed by atoms with Crippen molar-refractivity contribution in [3.63, 3.8) is 0 Å². The smallest absolute Gasteiger partial charge is 0.414 e. The second-order valence-corrected chi connectivity index (χ2v) is 10.9. The van der Waals surface area contributed by atoms with E-state index in [1.54, 1.807) is 21.6 Å². The number of halogens is 2. The molecule has 3 aromatic rings. The number of nitrogens with zero attached hydrogens (tertiary/aromatic N) is 5. The third-order valence-corrected chi connectivity index (χ3v) is 8.15. The van der Waals surface area contributed by atoms with Crippen LogP contribution in [0.1, 0.15) is 36.2 Å². The molecule has 3 fully saturated rings. The van der Waals surface area contributed by atoms with Crippen molar-refractivity contribution in [3.8, 4) is 0 Å². The fraction of sp³-hybridized carbons (Fsp3) is 0.414. The summed E-state index contributed by atoms with van der Waals surface area (Å²) in [6, 6.07) is 4.60. The first-order valence-electron chi connectivity index (χ1n) is 13.9. The minimum atomic E-state index is -0.963. The van der Waals surface area contributed by atoms with E-state index in [1.165, 1.54) is 31.2 Å². The fourth-order valence-electron chi connectivity index (χ4n) is 5.57. The molecule has 1 aromatic carbocycles. The molecule has 2 saturated heterocycles. The van der Waals surface area contributed by atoms with Crippen molar-refractivity contribution in [2.45, 2.75) is 38.0 Å². The average molecular weight is 597 g/mol. The Morgan fingerprint density at radius 1 is 1.07 bits per heavy atom. The van der Waals surface area contributed by atoms with Crippen LogP contribution < -0.4 is 25.9 Å². The monoisotopic (exact) mass is 596 g/mol. The van der Waals surface area contributed by atoms with Gasteiger partial charge in [-0.2, -0.15) is 0 Å². The molecule has 1 saturated carbocycles. The number of ether oxygens (including phenoxy) is 2. The van der Waals surface area contributed by atoms with Gasteiger partial charge in [0.1, 0.15) is 35.0 Å². The van der Waals surface area contributed by atoms with Gasteiger partial charge in [-0.05, 0) is 44.0 Å². The van der Waals surface area contributed by atoms with Gasteiger partial charge >= 0.3 is 12.1 Å². The van der Waals surface area contributed by atoms with E-state index in [1.807, 2.05) is 4.90 Å². The Hall–Kier alpha value is -4.59. The van der Waals surface area contributed by atoms with E-state index in [0.29, 0.717) is 37.5 Å². The predicted molar refractivity (Wildman–Crippen MR) is 153 cm³/mol. The van der Waals surface area contributed by atoms with Crippen molar-refractivity contribution >= 4 is 46.1 Å². The van der Waals surface area contributed by atoms with Gasteiger partial charge in [0.25, 0.3) is 0 Å². The highest BCUT2D eigenvalue weighted by Gasteiger charge is 2.38. The van der Waals surface area contributed by atoms with E-state index in [2.05, 4.69) is 4.98 Å². The molecule has 226 valence electrons. The van der Waals surface area contributed by atoms with Crippen LogP contribution in [-0.4, -0.2) is 79.4 Å². The molecule has 2 aliphatic heterocycles. The molecule has 0 radical (unpaired) electrons. The molecule has 2 aromatic heterocycles. The van der Waals surface area contributed by atoms with Gasteiger partial charge in [-0.3, -0.25) is 14.5 Å². The molecule has 6 rings (SSSR count). The number of rotatable bonds is 7. The number of hydrogen-bond acceptors (Lipinski definition) is 10. The van der Waals surface area contributed by atoms with Crippen molar-refractivity contribution in [3.05, 3.63) is 57.9 Å². The van der Waals surface area contributed by atoms with Crippen LogP contribution in [0, 0.1) is 11.6 Å². The minimum absolute atomic E-state index is 0.00771. The Morgan fingerprint density at radius 2 is 1.77 bits per heavy atom. The lowest BCUT2D eigenvalue weighted by atomic mass is 10.1. The summed E-state index contributed by atoms with van der Waals surface area (Å²) in [5.74, 6) is -2.28. The topological polar surface area (TPSA) is 140 Å². The molecule has 14 heteroatoms. The maximum Gasteiger partial charge on any atom is 0.414 e. The second-order valence-electron chi connectivity index (χ2n) is 10.9. The molecular formula is C29H30F2N6O6. The molecule has 0 bridgehead atoms. The lowest BCUT2D eigenvalue weighted by Gasteiger charge is -2.37. The Labute approximate surface area is 244 Å². The quantitative estimate of drug-likeness (QED) is 0.404. The first-order chi connectivity index (χ1) is 20.6. The summed E-state index contributed by atoms with van der Waals surface area (Å²) in [7, 11) is 1.18. The number of aromatic nitrogens is 2. The van der Waals surface area contributed by atoms with Gasteiger partial charge in [0, 0.05) is 38.4 Å². The van der Waals surface area contributed by atoms with Gasteiger partial charge < -0.3 is 29.6 Å². The molecule has 43 heavy (non-hydrogen) atoms. The van der Waals surface area contributed by atoms with Gasteiger partial charge in [0.05, 0.1) is 30.4 Å². The van der Waals surface area contributed by atoms with Crippen molar-refractivity contribution < 1.29 is 32.6 Å². The summed E-state index contributed by atoms with van der Waals surface area (Å²) in [5.41, 5.74) is 5.91. The number of Topliss-reactive ketones (excluding diaryl/α,β-unsaturated/α-hetero) is 1. The third kappa shape index (κ3) is 5.15. The molecule has 4 heterocycles. The Morgan fingerprint density at radius 3 is 2.40 bits per heavy atom. The van der Waals surface area contributed by atoms with Gasteiger partial charge in [0.15, 0.2) is 11.6 Å². The number of carbonyl (C=O) groups excluding carboxylic acids is 3. The lowest BCUT2D eigenvalue weighted by Crippen LogP contribution is -2.47. The number of amides is 1.